The second kappa shape index (κ2) is 7.54. The monoisotopic (exact) mass is 434 g/mol. The van der Waals surface area contributed by atoms with Crippen LogP contribution in [0.5, 0.6) is 0 Å². The van der Waals surface area contributed by atoms with E-state index in [0.29, 0.717) is 35.5 Å². The summed E-state index contributed by atoms with van der Waals surface area (Å²) in [7, 11) is 0. The number of benzene rings is 1. The molecule has 0 spiro atoms. The zero-order valence-electron chi connectivity index (χ0n) is 16.8. The van der Waals surface area contributed by atoms with E-state index in [-0.39, 0.29) is 35.6 Å². The van der Waals surface area contributed by atoms with E-state index in [1.165, 1.54) is 18.5 Å². The lowest BCUT2D eigenvalue weighted by Crippen LogP contribution is -2.38. The number of amides is 1. The number of hydrogen-bond acceptors (Lipinski definition) is 8. The Morgan fingerprint density at radius 2 is 2.06 bits per heavy atom. The number of halogens is 1. The minimum absolute atomic E-state index is 0.0826. The first-order chi connectivity index (χ1) is 15.4. The molecule has 0 aliphatic heterocycles. The second-order valence-corrected chi connectivity index (χ2v) is 7.65. The molecular formula is C21H19FN8O2. The third-order valence-electron chi connectivity index (χ3n) is 5.29. The van der Waals surface area contributed by atoms with E-state index in [1.54, 1.807) is 35.0 Å². The Kier molecular flexibility index (Phi) is 4.67. The van der Waals surface area contributed by atoms with Crippen LogP contribution in [0.15, 0.2) is 53.4 Å². The molecule has 3 heterocycles. The molecule has 5 rings (SSSR count). The molecule has 0 bridgehead atoms. The van der Waals surface area contributed by atoms with Gasteiger partial charge in [0.25, 0.3) is 0 Å². The van der Waals surface area contributed by atoms with Crippen molar-refractivity contribution in [2.45, 2.75) is 24.9 Å². The maximum absolute atomic E-state index is 14.2. The van der Waals surface area contributed by atoms with Crippen molar-refractivity contribution < 1.29 is 13.7 Å². The van der Waals surface area contributed by atoms with E-state index in [0.717, 1.165) is 0 Å². The lowest BCUT2D eigenvalue weighted by atomic mass is 10.2. The highest BCUT2D eigenvalue weighted by Crippen LogP contribution is 2.34. The van der Waals surface area contributed by atoms with Gasteiger partial charge in [-0.25, -0.2) is 14.4 Å². The van der Waals surface area contributed by atoms with Crippen LogP contribution >= 0.6 is 0 Å². The summed E-state index contributed by atoms with van der Waals surface area (Å²) in [6, 6.07) is 9.83. The van der Waals surface area contributed by atoms with Crippen LogP contribution in [0.25, 0.3) is 22.9 Å². The molecule has 1 aliphatic rings. The summed E-state index contributed by atoms with van der Waals surface area (Å²) in [4.78, 5) is 20.7. The summed E-state index contributed by atoms with van der Waals surface area (Å²) in [6.07, 6.45) is 4.10. The molecule has 1 amide bonds. The number of carbonyl (C=O) groups is 1. The molecule has 0 atom stereocenters. The van der Waals surface area contributed by atoms with Crippen LogP contribution in [0, 0.1) is 5.82 Å². The smallest absolute Gasteiger partial charge is 0.244 e. The van der Waals surface area contributed by atoms with Crippen molar-refractivity contribution in [3.05, 3.63) is 60.2 Å². The van der Waals surface area contributed by atoms with Crippen LogP contribution < -0.4 is 16.8 Å². The van der Waals surface area contributed by atoms with Gasteiger partial charge in [0.15, 0.2) is 11.6 Å². The van der Waals surface area contributed by atoms with E-state index in [1.807, 2.05) is 0 Å². The summed E-state index contributed by atoms with van der Waals surface area (Å²) >= 11 is 0. The minimum atomic E-state index is -0.844. The molecule has 4 aromatic rings. The van der Waals surface area contributed by atoms with Crippen molar-refractivity contribution in [3.8, 4) is 22.9 Å². The van der Waals surface area contributed by atoms with Gasteiger partial charge in [-0.2, -0.15) is 5.10 Å². The van der Waals surface area contributed by atoms with E-state index in [2.05, 4.69) is 25.5 Å². The normalized spacial score (nSPS) is 14.3. The molecule has 5 N–H and O–H groups in total. The number of anilines is 2. The van der Waals surface area contributed by atoms with Crippen molar-refractivity contribution in [1.29, 1.82) is 0 Å². The van der Waals surface area contributed by atoms with Gasteiger partial charge in [0, 0.05) is 11.6 Å². The third kappa shape index (κ3) is 3.69. The molecule has 1 fully saturated rings. The van der Waals surface area contributed by atoms with Gasteiger partial charge in [-0.1, -0.05) is 23.4 Å². The summed E-state index contributed by atoms with van der Waals surface area (Å²) in [5.74, 6) is -0.335. The predicted molar refractivity (Wildman–Crippen MR) is 113 cm³/mol. The van der Waals surface area contributed by atoms with Gasteiger partial charge in [-0.15, -0.1) is 0 Å². The van der Waals surface area contributed by atoms with Crippen molar-refractivity contribution >= 4 is 17.4 Å². The number of nitrogens with two attached hydrogens (primary N) is 2. The topological polar surface area (TPSA) is 151 Å². The zero-order valence-corrected chi connectivity index (χ0v) is 16.8. The van der Waals surface area contributed by atoms with Gasteiger partial charge in [-0.05, 0) is 25.0 Å². The number of nitrogen functional groups attached to an aromatic ring is 1. The molecule has 0 unspecified atom stereocenters. The first kappa shape index (κ1) is 19.8. The number of carbonyl (C=O) groups excluding carboxylic acids is 1. The molecule has 3 aromatic heterocycles. The fraction of sp³-hybridized carbons (Fsp3) is 0.190. The quantitative estimate of drug-likeness (QED) is 0.418. The molecule has 0 radical (unpaired) electrons. The lowest BCUT2D eigenvalue weighted by Gasteiger charge is -2.11. The third-order valence-corrected chi connectivity index (χ3v) is 5.29. The van der Waals surface area contributed by atoms with Crippen LogP contribution in [0.3, 0.4) is 0 Å². The Morgan fingerprint density at radius 3 is 2.75 bits per heavy atom. The molecule has 162 valence electrons. The van der Waals surface area contributed by atoms with Gasteiger partial charge in [0.05, 0.1) is 24.0 Å². The number of rotatable bonds is 6. The fourth-order valence-electron chi connectivity index (χ4n) is 3.21. The number of aromatic nitrogens is 5. The summed E-state index contributed by atoms with van der Waals surface area (Å²) in [5.41, 5.74) is 13.3. The maximum Gasteiger partial charge on any atom is 0.244 e. The average Bonchev–Trinajstić information content (AvgIpc) is 3.17. The molecule has 1 aliphatic carbocycles. The fourth-order valence-corrected chi connectivity index (χ4v) is 3.21. The van der Waals surface area contributed by atoms with Gasteiger partial charge < -0.3 is 21.3 Å². The molecule has 10 nitrogen and oxygen atoms in total. The zero-order chi connectivity index (χ0) is 22.3. The first-order valence-corrected chi connectivity index (χ1v) is 9.88. The Morgan fingerprint density at radius 1 is 1.25 bits per heavy atom. The summed E-state index contributed by atoms with van der Waals surface area (Å²) in [6.45, 7) is 0.164. The predicted octanol–water partition coefficient (Wildman–Crippen LogP) is 2.19. The summed E-state index contributed by atoms with van der Waals surface area (Å²) in [5, 5.41) is 11.2. The van der Waals surface area contributed by atoms with E-state index >= 15 is 0 Å². The van der Waals surface area contributed by atoms with Crippen molar-refractivity contribution in [1.82, 2.24) is 24.9 Å². The average molecular weight is 434 g/mol. The Balaban J connectivity index is 1.48. The highest BCUT2D eigenvalue weighted by Gasteiger charge is 2.46. The van der Waals surface area contributed by atoms with Gasteiger partial charge in [0.2, 0.25) is 5.91 Å². The Labute approximate surface area is 181 Å². The lowest BCUT2D eigenvalue weighted by molar-refractivity contribution is -0.118. The molecule has 32 heavy (non-hydrogen) atoms. The van der Waals surface area contributed by atoms with Crippen LogP contribution in [0.2, 0.25) is 0 Å². The van der Waals surface area contributed by atoms with Crippen LogP contribution in [0.1, 0.15) is 18.4 Å². The highest BCUT2D eigenvalue weighted by molar-refractivity contribution is 6.01. The largest absolute Gasteiger partial charge is 0.382 e. The van der Waals surface area contributed by atoms with Crippen molar-refractivity contribution in [2.75, 3.05) is 11.1 Å². The first-order valence-electron chi connectivity index (χ1n) is 9.88. The SMILES string of the molecule is Nc1nc(-c2cc(-c3ccon3)n(Cc3ccccc3F)n2)ncc1NC(=O)C1(N)CC1. The Bertz CT molecular complexity index is 1300. The van der Waals surface area contributed by atoms with E-state index in [9.17, 15) is 9.18 Å². The number of nitrogens with one attached hydrogen (secondary N) is 1. The maximum atomic E-state index is 14.2. The van der Waals surface area contributed by atoms with Gasteiger partial charge in [0.1, 0.15) is 29.2 Å². The Hall–Kier alpha value is -4.12. The van der Waals surface area contributed by atoms with Gasteiger partial charge in [-0.3, -0.25) is 9.48 Å². The molecule has 11 heteroatoms. The van der Waals surface area contributed by atoms with E-state index < -0.39 is 5.54 Å². The molecular weight excluding hydrogens is 415 g/mol. The van der Waals surface area contributed by atoms with Crippen LogP contribution in [0.4, 0.5) is 15.9 Å². The van der Waals surface area contributed by atoms with E-state index in [4.69, 9.17) is 16.0 Å². The van der Waals surface area contributed by atoms with Gasteiger partial charge >= 0.3 is 0 Å². The molecule has 0 saturated heterocycles. The summed E-state index contributed by atoms with van der Waals surface area (Å²) < 4.78 is 20.7. The van der Waals surface area contributed by atoms with Crippen LogP contribution in [-0.4, -0.2) is 36.4 Å². The van der Waals surface area contributed by atoms with Crippen LogP contribution in [-0.2, 0) is 11.3 Å². The van der Waals surface area contributed by atoms with Crippen molar-refractivity contribution in [2.24, 2.45) is 5.73 Å². The second-order valence-electron chi connectivity index (χ2n) is 7.65. The standard InChI is InChI=1S/C21H19FN8O2/c22-13-4-2-1-3-12(13)11-30-17(14-5-8-32-29-14)9-15(28-30)19-25-10-16(18(23)27-19)26-20(31)21(24)6-7-21/h1-5,8-10H,6-7,11,24H2,(H,26,31)(H2,23,25,27). The highest BCUT2D eigenvalue weighted by atomic mass is 19.1. The minimum Gasteiger partial charge on any atom is -0.382 e. The molecule has 1 aromatic carbocycles. The molecule has 1 saturated carbocycles. The number of hydrogen-bond donors (Lipinski definition) is 3. The van der Waals surface area contributed by atoms with Crippen molar-refractivity contribution in [3.63, 3.8) is 0 Å². The number of nitrogens with zero attached hydrogens (tertiary/aromatic N) is 5.